The average Bonchev–Trinajstić information content (AvgIpc) is 2.68. The van der Waals surface area contributed by atoms with Gasteiger partial charge in [-0.1, -0.05) is 6.07 Å². The average molecular weight is 412 g/mol. The van der Waals surface area contributed by atoms with Gasteiger partial charge in [-0.15, -0.1) is 0 Å². The van der Waals surface area contributed by atoms with Gasteiger partial charge < -0.3 is 19.8 Å². The van der Waals surface area contributed by atoms with Crippen LogP contribution in [0.3, 0.4) is 0 Å². The molecule has 0 aliphatic heterocycles. The smallest absolute Gasteiger partial charge is 0.411 e. The number of hydrogen-bond acceptors (Lipinski definition) is 6. The minimum atomic E-state index is -0.618. The summed E-state index contributed by atoms with van der Waals surface area (Å²) in [6, 6.07) is 8.57. The van der Waals surface area contributed by atoms with Crippen molar-refractivity contribution >= 4 is 23.4 Å². The second kappa shape index (κ2) is 10.8. The van der Waals surface area contributed by atoms with E-state index in [9.17, 15) is 14.4 Å². The molecule has 0 fully saturated rings. The summed E-state index contributed by atoms with van der Waals surface area (Å²) in [5.41, 5.74) is 2.63. The third kappa shape index (κ3) is 6.18. The van der Waals surface area contributed by atoms with Gasteiger partial charge in [-0.25, -0.2) is 4.79 Å². The fourth-order valence-corrected chi connectivity index (χ4v) is 2.93. The highest BCUT2D eigenvalue weighted by Crippen LogP contribution is 2.18. The number of hydrogen-bond donors (Lipinski definition) is 3. The lowest BCUT2D eigenvalue weighted by Crippen LogP contribution is -2.18. The van der Waals surface area contributed by atoms with Crippen LogP contribution in [0.1, 0.15) is 28.8 Å². The standard InChI is InChI=1S/C21H24N4O5/c1-13-17(14(2)23-20(27)18(13)12-22)7-8-19(26)24-15-5-4-6-16(11-15)25-21(28)30-10-9-29-3/h4-6,11H,7-10H2,1-3H3,(H,23,27)(H,24,26)(H,25,28). The number of anilines is 2. The zero-order valence-corrected chi connectivity index (χ0v) is 17.1. The number of pyridine rings is 1. The lowest BCUT2D eigenvalue weighted by Gasteiger charge is -2.12. The summed E-state index contributed by atoms with van der Waals surface area (Å²) in [5.74, 6) is -0.238. The number of carbonyl (C=O) groups is 2. The van der Waals surface area contributed by atoms with E-state index in [1.165, 1.54) is 7.11 Å². The maximum atomic E-state index is 12.4. The molecule has 0 radical (unpaired) electrons. The summed E-state index contributed by atoms with van der Waals surface area (Å²) < 4.78 is 9.74. The van der Waals surface area contributed by atoms with E-state index in [2.05, 4.69) is 15.6 Å². The quantitative estimate of drug-likeness (QED) is 0.571. The van der Waals surface area contributed by atoms with Crippen LogP contribution in [-0.2, 0) is 20.7 Å². The zero-order valence-electron chi connectivity index (χ0n) is 17.1. The van der Waals surface area contributed by atoms with Crippen LogP contribution in [0.5, 0.6) is 0 Å². The van der Waals surface area contributed by atoms with Crippen LogP contribution in [0.15, 0.2) is 29.1 Å². The maximum absolute atomic E-state index is 12.4. The van der Waals surface area contributed by atoms with Gasteiger partial charge in [-0.2, -0.15) is 5.26 Å². The largest absolute Gasteiger partial charge is 0.447 e. The Kier molecular flexibility index (Phi) is 8.14. The fourth-order valence-electron chi connectivity index (χ4n) is 2.93. The third-order valence-electron chi connectivity index (χ3n) is 4.44. The number of nitrogens with one attached hydrogen (secondary N) is 3. The molecule has 158 valence electrons. The van der Waals surface area contributed by atoms with Gasteiger partial charge in [0.2, 0.25) is 5.91 Å². The van der Waals surface area contributed by atoms with Crippen molar-refractivity contribution in [2.24, 2.45) is 0 Å². The molecule has 9 nitrogen and oxygen atoms in total. The molecule has 1 heterocycles. The minimum Gasteiger partial charge on any atom is -0.447 e. The van der Waals surface area contributed by atoms with Crippen molar-refractivity contribution < 1.29 is 19.1 Å². The number of carbonyl (C=O) groups excluding carboxylic acids is 2. The van der Waals surface area contributed by atoms with Crippen LogP contribution in [-0.4, -0.2) is 37.3 Å². The molecule has 9 heteroatoms. The van der Waals surface area contributed by atoms with Gasteiger partial charge in [0.1, 0.15) is 18.2 Å². The van der Waals surface area contributed by atoms with Crippen LogP contribution in [0, 0.1) is 25.2 Å². The second-order valence-electron chi connectivity index (χ2n) is 6.55. The van der Waals surface area contributed by atoms with Crippen molar-refractivity contribution in [3.63, 3.8) is 0 Å². The Labute approximate surface area is 174 Å². The molecule has 2 aromatic rings. The summed E-state index contributed by atoms with van der Waals surface area (Å²) in [4.78, 5) is 38.5. The van der Waals surface area contributed by atoms with Crippen LogP contribution >= 0.6 is 0 Å². The van der Waals surface area contributed by atoms with E-state index in [1.807, 2.05) is 6.07 Å². The van der Waals surface area contributed by atoms with Crippen molar-refractivity contribution in [1.82, 2.24) is 4.98 Å². The van der Waals surface area contributed by atoms with Crippen molar-refractivity contribution in [2.45, 2.75) is 26.7 Å². The third-order valence-corrected chi connectivity index (χ3v) is 4.44. The van der Waals surface area contributed by atoms with E-state index >= 15 is 0 Å². The number of nitrogens with zero attached hydrogens (tertiary/aromatic N) is 1. The molecule has 1 aromatic heterocycles. The number of aromatic nitrogens is 1. The molecular formula is C21H24N4O5. The predicted octanol–water partition coefficient (Wildman–Crippen LogP) is 2.63. The van der Waals surface area contributed by atoms with E-state index < -0.39 is 11.7 Å². The highest BCUT2D eigenvalue weighted by atomic mass is 16.6. The molecule has 0 bridgehead atoms. The number of benzene rings is 1. The number of rotatable bonds is 8. The summed E-state index contributed by atoms with van der Waals surface area (Å²) >= 11 is 0. The van der Waals surface area contributed by atoms with Crippen molar-refractivity contribution in [3.05, 3.63) is 57.0 Å². The number of amides is 2. The van der Waals surface area contributed by atoms with Crippen LogP contribution in [0.4, 0.5) is 16.2 Å². The van der Waals surface area contributed by atoms with E-state index in [0.29, 0.717) is 35.7 Å². The van der Waals surface area contributed by atoms with Gasteiger partial charge in [0.25, 0.3) is 5.56 Å². The maximum Gasteiger partial charge on any atom is 0.411 e. The Morgan fingerprint density at radius 2 is 1.87 bits per heavy atom. The first-order chi connectivity index (χ1) is 14.3. The van der Waals surface area contributed by atoms with Crippen LogP contribution in [0.25, 0.3) is 0 Å². The van der Waals surface area contributed by atoms with Gasteiger partial charge in [-0.05, 0) is 49.6 Å². The van der Waals surface area contributed by atoms with E-state index in [-0.39, 0.29) is 24.5 Å². The number of methoxy groups -OCH3 is 1. The molecule has 2 rings (SSSR count). The Bertz CT molecular complexity index is 1020. The molecule has 2 amide bonds. The minimum absolute atomic E-state index is 0.0622. The number of aromatic amines is 1. The lowest BCUT2D eigenvalue weighted by atomic mass is 9.99. The summed E-state index contributed by atoms with van der Waals surface area (Å²) in [6.07, 6.45) is -0.0820. The number of H-pyrrole nitrogens is 1. The van der Waals surface area contributed by atoms with Crippen molar-refractivity contribution in [1.29, 1.82) is 5.26 Å². The van der Waals surface area contributed by atoms with Gasteiger partial charge >= 0.3 is 6.09 Å². The monoisotopic (exact) mass is 412 g/mol. The molecule has 0 aliphatic rings. The van der Waals surface area contributed by atoms with Crippen LogP contribution in [0.2, 0.25) is 0 Å². The molecule has 30 heavy (non-hydrogen) atoms. The molecule has 1 aromatic carbocycles. The molecule has 0 atom stereocenters. The van der Waals surface area contributed by atoms with Crippen molar-refractivity contribution in [2.75, 3.05) is 31.0 Å². The Morgan fingerprint density at radius 1 is 1.17 bits per heavy atom. The SMILES string of the molecule is COCCOC(=O)Nc1cccc(NC(=O)CCc2c(C)[nH]c(=O)c(C#N)c2C)c1. The molecule has 0 aliphatic carbocycles. The topological polar surface area (TPSA) is 133 Å². The van der Waals surface area contributed by atoms with Gasteiger partial charge in [0.15, 0.2) is 0 Å². The zero-order chi connectivity index (χ0) is 22.1. The number of nitriles is 1. The first-order valence-electron chi connectivity index (χ1n) is 9.30. The van der Waals surface area contributed by atoms with E-state index in [0.717, 1.165) is 5.56 Å². The highest BCUT2D eigenvalue weighted by molar-refractivity contribution is 5.92. The summed E-state index contributed by atoms with van der Waals surface area (Å²) in [7, 11) is 1.51. The molecule has 3 N–H and O–H groups in total. The highest BCUT2D eigenvalue weighted by Gasteiger charge is 2.13. The number of ether oxygens (including phenoxy) is 2. The summed E-state index contributed by atoms with van der Waals surface area (Å²) in [6.45, 7) is 3.88. The first-order valence-corrected chi connectivity index (χ1v) is 9.30. The van der Waals surface area contributed by atoms with Gasteiger partial charge in [0, 0.05) is 30.6 Å². The van der Waals surface area contributed by atoms with E-state index in [4.69, 9.17) is 14.7 Å². The molecule has 0 unspecified atom stereocenters. The van der Waals surface area contributed by atoms with Crippen LogP contribution < -0.4 is 16.2 Å². The Hall–Kier alpha value is -3.64. The Balaban J connectivity index is 1.97. The first kappa shape index (κ1) is 22.6. The van der Waals surface area contributed by atoms with Crippen molar-refractivity contribution in [3.8, 4) is 6.07 Å². The van der Waals surface area contributed by atoms with Gasteiger partial charge in [-0.3, -0.25) is 14.9 Å². The van der Waals surface area contributed by atoms with Gasteiger partial charge in [0.05, 0.1) is 6.61 Å². The summed E-state index contributed by atoms with van der Waals surface area (Å²) in [5, 5.41) is 14.5. The fraction of sp³-hybridized carbons (Fsp3) is 0.333. The molecular weight excluding hydrogens is 388 g/mol. The molecule has 0 saturated carbocycles. The second-order valence-corrected chi connectivity index (χ2v) is 6.55. The normalized spacial score (nSPS) is 10.2. The Morgan fingerprint density at radius 3 is 2.53 bits per heavy atom. The molecule has 0 spiro atoms. The lowest BCUT2D eigenvalue weighted by molar-refractivity contribution is -0.116. The predicted molar refractivity (Wildman–Crippen MR) is 111 cm³/mol. The van der Waals surface area contributed by atoms with E-state index in [1.54, 1.807) is 38.1 Å². The number of aryl methyl sites for hydroxylation is 1. The molecule has 0 saturated heterocycles.